The lowest BCUT2D eigenvalue weighted by atomic mass is 9.64. The Bertz CT molecular complexity index is 1090. The number of ether oxygens (including phenoxy) is 1. The Kier molecular flexibility index (Phi) is 5.16. The maximum atomic E-state index is 15.0. The van der Waals surface area contributed by atoms with Gasteiger partial charge in [0.25, 0.3) is 0 Å². The Morgan fingerprint density at radius 3 is 2.82 bits per heavy atom. The monoisotopic (exact) mass is 479 g/mol. The van der Waals surface area contributed by atoms with E-state index in [1.165, 1.54) is 6.20 Å². The summed E-state index contributed by atoms with van der Waals surface area (Å²) in [5.41, 5.74) is -0.241. The fraction of sp³-hybridized carbons (Fsp3) is 0.696. The van der Waals surface area contributed by atoms with Crippen LogP contribution in [-0.2, 0) is 0 Å². The predicted octanol–water partition coefficient (Wildman–Crippen LogP) is 3.51. The molecule has 1 saturated carbocycles. The number of hydrogen-bond donors (Lipinski definition) is 1. The Morgan fingerprint density at radius 1 is 1.18 bits per heavy atom. The third kappa shape index (κ3) is 3.63. The van der Waals surface area contributed by atoms with Gasteiger partial charge in [-0.15, -0.1) is 0 Å². The second-order valence-electron chi connectivity index (χ2n) is 10.4. The van der Waals surface area contributed by atoms with E-state index in [0.717, 1.165) is 51.6 Å². The van der Waals surface area contributed by atoms with E-state index in [1.54, 1.807) is 0 Å². The van der Waals surface area contributed by atoms with Crippen LogP contribution in [0.2, 0.25) is 5.15 Å². The van der Waals surface area contributed by atoms with Crippen molar-refractivity contribution in [3.63, 3.8) is 0 Å². The molecule has 0 bridgehead atoms. The number of halogens is 3. The number of β-amino-alcohol motifs (C(OH)–C–C–N with tert-alkyl or cyclic N) is 1. The van der Waals surface area contributed by atoms with Gasteiger partial charge >= 0.3 is 6.01 Å². The number of anilines is 1. The Hall–Kier alpha value is -1.84. The maximum absolute atomic E-state index is 15.0. The Balaban J connectivity index is 1.36. The summed E-state index contributed by atoms with van der Waals surface area (Å²) >= 11 is 5.96. The lowest BCUT2D eigenvalue weighted by molar-refractivity contribution is 0.0238. The molecule has 2 aromatic rings. The molecule has 1 spiro atoms. The van der Waals surface area contributed by atoms with E-state index in [1.807, 2.05) is 4.90 Å². The minimum absolute atomic E-state index is 0.0462. The molecule has 4 aliphatic rings. The van der Waals surface area contributed by atoms with Crippen molar-refractivity contribution in [2.75, 3.05) is 37.7 Å². The molecule has 2 aromatic heterocycles. The quantitative estimate of drug-likeness (QED) is 0.672. The minimum atomic E-state index is -0.863. The fourth-order valence-electron chi connectivity index (χ4n) is 6.51. The average Bonchev–Trinajstić information content (AvgIpc) is 3.28. The summed E-state index contributed by atoms with van der Waals surface area (Å²) in [5, 5.41) is 10.8. The first-order valence-corrected chi connectivity index (χ1v) is 12.2. The predicted molar refractivity (Wildman–Crippen MR) is 120 cm³/mol. The van der Waals surface area contributed by atoms with Crippen LogP contribution in [0.3, 0.4) is 0 Å². The van der Waals surface area contributed by atoms with Crippen LogP contribution >= 0.6 is 11.6 Å². The number of alkyl halides is 1. The van der Waals surface area contributed by atoms with Crippen molar-refractivity contribution in [3.05, 3.63) is 17.2 Å². The second kappa shape index (κ2) is 7.85. The number of hydrogen-bond acceptors (Lipinski definition) is 7. The van der Waals surface area contributed by atoms with Crippen LogP contribution in [-0.4, -0.2) is 75.6 Å². The van der Waals surface area contributed by atoms with Gasteiger partial charge in [-0.1, -0.05) is 18.0 Å². The zero-order valence-electron chi connectivity index (χ0n) is 18.4. The highest BCUT2D eigenvalue weighted by atomic mass is 35.5. The van der Waals surface area contributed by atoms with Crippen LogP contribution in [0, 0.1) is 11.2 Å². The average molecular weight is 480 g/mol. The molecular weight excluding hydrogens is 452 g/mol. The largest absolute Gasteiger partial charge is 0.461 e. The molecule has 178 valence electrons. The lowest BCUT2D eigenvalue weighted by Gasteiger charge is -2.50. The number of aliphatic hydroxyl groups is 1. The number of piperidine rings is 1. The lowest BCUT2D eigenvalue weighted by Crippen LogP contribution is -2.53. The van der Waals surface area contributed by atoms with Gasteiger partial charge in [0.05, 0.1) is 17.0 Å². The summed E-state index contributed by atoms with van der Waals surface area (Å²) in [6.07, 6.45) is 6.48. The molecule has 3 saturated heterocycles. The van der Waals surface area contributed by atoms with Crippen LogP contribution in [0.4, 0.5) is 14.6 Å². The molecule has 0 aromatic carbocycles. The zero-order chi connectivity index (χ0) is 22.8. The molecule has 0 radical (unpaired) electrons. The molecule has 10 heteroatoms. The molecule has 33 heavy (non-hydrogen) atoms. The van der Waals surface area contributed by atoms with Gasteiger partial charge in [0, 0.05) is 32.3 Å². The summed E-state index contributed by atoms with van der Waals surface area (Å²) in [5.74, 6) is -0.220. The Morgan fingerprint density at radius 2 is 2.03 bits per heavy atom. The van der Waals surface area contributed by atoms with Gasteiger partial charge in [0.1, 0.15) is 24.1 Å². The number of rotatable bonds is 4. The van der Waals surface area contributed by atoms with Crippen LogP contribution < -0.4 is 9.64 Å². The van der Waals surface area contributed by atoms with Crippen molar-refractivity contribution in [1.82, 2.24) is 19.9 Å². The van der Waals surface area contributed by atoms with E-state index in [2.05, 4.69) is 19.9 Å². The molecule has 6 rings (SSSR count). The second-order valence-corrected chi connectivity index (χ2v) is 10.8. The highest BCUT2D eigenvalue weighted by Gasteiger charge is 2.49. The normalized spacial score (nSPS) is 31.2. The third-order valence-corrected chi connectivity index (χ3v) is 8.44. The standard InChI is InChI=1S/C23H28ClF2N5O2/c24-19-17(26)18-16(9-27-19)20(30-11-15(32)8-22(12-30)3-1-4-22)29-21(28-18)33-13-23-5-2-6-31(23)10-14(25)7-23/h9,14-15,32H,1-8,10-13H2/t14-,15?,23?/m1/s1. The molecular formula is C23H28ClF2N5O2. The van der Waals surface area contributed by atoms with Crippen molar-refractivity contribution in [2.24, 2.45) is 5.41 Å². The Labute approximate surface area is 196 Å². The number of fused-ring (bicyclic) bond motifs is 2. The molecule has 2 unspecified atom stereocenters. The van der Waals surface area contributed by atoms with Gasteiger partial charge in [0.2, 0.25) is 0 Å². The maximum Gasteiger partial charge on any atom is 0.319 e. The smallest absolute Gasteiger partial charge is 0.319 e. The van der Waals surface area contributed by atoms with Gasteiger partial charge in [-0.05, 0) is 44.1 Å². The SMILES string of the molecule is OC1CN(c2nc(OCC34CCCN3C[C@H](F)C4)nc3c(F)c(Cl)ncc23)CC2(CCC2)C1. The molecule has 5 heterocycles. The molecule has 1 aliphatic carbocycles. The van der Waals surface area contributed by atoms with Crippen molar-refractivity contribution >= 4 is 28.3 Å². The molecule has 4 fully saturated rings. The van der Waals surface area contributed by atoms with E-state index in [0.29, 0.717) is 30.7 Å². The van der Waals surface area contributed by atoms with Crippen molar-refractivity contribution < 1.29 is 18.6 Å². The number of aliphatic hydroxyl groups excluding tert-OH is 1. The molecule has 0 amide bonds. The number of nitrogens with zero attached hydrogens (tertiary/aromatic N) is 5. The van der Waals surface area contributed by atoms with E-state index >= 15 is 0 Å². The van der Waals surface area contributed by atoms with Crippen LogP contribution in [0.15, 0.2) is 6.20 Å². The van der Waals surface area contributed by atoms with E-state index in [9.17, 15) is 13.9 Å². The molecule has 3 aliphatic heterocycles. The van der Waals surface area contributed by atoms with Crippen molar-refractivity contribution in [2.45, 2.75) is 62.8 Å². The molecule has 7 nitrogen and oxygen atoms in total. The summed E-state index contributed by atoms with van der Waals surface area (Å²) in [4.78, 5) is 17.1. The number of pyridine rings is 1. The minimum Gasteiger partial charge on any atom is -0.461 e. The summed E-state index contributed by atoms with van der Waals surface area (Å²) in [6, 6.07) is 0.0462. The van der Waals surface area contributed by atoms with Gasteiger partial charge in [-0.25, -0.2) is 13.8 Å². The highest BCUT2D eigenvalue weighted by molar-refractivity contribution is 6.30. The zero-order valence-corrected chi connectivity index (χ0v) is 19.2. The summed E-state index contributed by atoms with van der Waals surface area (Å²) < 4.78 is 35.2. The van der Waals surface area contributed by atoms with Gasteiger partial charge in [0.15, 0.2) is 11.0 Å². The first kappa shape index (κ1) is 21.7. The molecule has 1 N–H and O–H groups in total. The summed E-state index contributed by atoms with van der Waals surface area (Å²) in [7, 11) is 0. The van der Waals surface area contributed by atoms with Gasteiger partial charge < -0.3 is 14.7 Å². The van der Waals surface area contributed by atoms with Crippen molar-refractivity contribution in [3.8, 4) is 6.01 Å². The summed E-state index contributed by atoms with van der Waals surface area (Å²) in [6.45, 7) is 2.68. The van der Waals surface area contributed by atoms with Gasteiger partial charge in [-0.2, -0.15) is 9.97 Å². The fourth-order valence-corrected chi connectivity index (χ4v) is 6.64. The van der Waals surface area contributed by atoms with Crippen LogP contribution in [0.1, 0.15) is 44.9 Å². The van der Waals surface area contributed by atoms with E-state index < -0.39 is 18.1 Å². The highest BCUT2D eigenvalue weighted by Crippen LogP contribution is 2.49. The first-order valence-electron chi connectivity index (χ1n) is 11.8. The first-order chi connectivity index (χ1) is 15.9. The third-order valence-electron chi connectivity index (χ3n) is 8.17. The number of aromatic nitrogens is 3. The van der Waals surface area contributed by atoms with Gasteiger partial charge in [-0.3, -0.25) is 4.90 Å². The van der Waals surface area contributed by atoms with Crippen LogP contribution in [0.5, 0.6) is 6.01 Å². The van der Waals surface area contributed by atoms with E-state index in [-0.39, 0.29) is 34.2 Å². The van der Waals surface area contributed by atoms with E-state index in [4.69, 9.17) is 16.3 Å². The van der Waals surface area contributed by atoms with Crippen molar-refractivity contribution in [1.29, 1.82) is 0 Å². The topological polar surface area (TPSA) is 74.6 Å². The van der Waals surface area contributed by atoms with Crippen LogP contribution in [0.25, 0.3) is 10.9 Å². The molecule has 3 atom stereocenters.